The maximum absolute atomic E-state index is 12.6. The molecule has 8 N–H and O–H groups in total. The molecule has 158 valence electrons. The molecule has 0 aliphatic rings. The summed E-state index contributed by atoms with van der Waals surface area (Å²) in [5.74, 6) is -5.17. The molecule has 0 saturated carbocycles. The Bertz CT molecular complexity index is 754. The third-order valence-electron chi connectivity index (χ3n) is 3.95. The topological polar surface area (TPSA) is 202 Å². The molecule has 0 fully saturated rings. The summed E-state index contributed by atoms with van der Waals surface area (Å²) in [4.78, 5) is 57.7. The van der Waals surface area contributed by atoms with E-state index in [1.165, 1.54) is 0 Å². The molecule has 0 spiro atoms. The number of carboxylic acid groups (broad SMARTS) is 2. The number of carbonyl (C=O) groups is 5. The second-order valence-electron chi connectivity index (χ2n) is 6.36. The minimum absolute atomic E-state index is 0.0142. The van der Waals surface area contributed by atoms with Crippen LogP contribution in [0.2, 0.25) is 0 Å². The van der Waals surface area contributed by atoms with Crippen molar-refractivity contribution in [2.24, 2.45) is 11.5 Å². The van der Waals surface area contributed by atoms with Crippen LogP contribution in [0.25, 0.3) is 0 Å². The van der Waals surface area contributed by atoms with Gasteiger partial charge < -0.3 is 32.3 Å². The van der Waals surface area contributed by atoms with Crippen molar-refractivity contribution in [2.75, 3.05) is 0 Å². The Labute approximate surface area is 166 Å². The lowest BCUT2D eigenvalue weighted by atomic mass is 10.0. The fourth-order valence-electron chi connectivity index (χ4n) is 2.41. The van der Waals surface area contributed by atoms with Gasteiger partial charge >= 0.3 is 11.9 Å². The number of benzene rings is 1. The number of nitrogens with two attached hydrogens (primary N) is 2. The van der Waals surface area contributed by atoms with Crippen LogP contribution in [0.5, 0.6) is 0 Å². The van der Waals surface area contributed by atoms with Crippen LogP contribution < -0.4 is 22.1 Å². The summed E-state index contributed by atoms with van der Waals surface area (Å²) in [7, 11) is 0. The summed E-state index contributed by atoms with van der Waals surface area (Å²) in [5, 5.41) is 22.4. The van der Waals surface area contributed by atoms with Gasteiger partial charge in [-0.3, -0.25) is 19.2 Å². The second-order valence-corrected chi connectivity index (χ2v) is 6.36. The molecule has 29 heavy (non-hydrogen) atoms. The average Bonchev–Trinajstić information content (AvgIpc) is 2.65. The van der Waals surface area contributed by atoms with Gasteiger partial charge in [0.05, 0.1) is 12.5 Å². The molecule has 1 aromatic carbocycles. The van der Waals surface area contributed by atoms with Crippen LogP contribution in [0.4, 0.5) is 0 Å². The van der Waals surface area contributed by atoms with Gasteiger partial charge in [-0.25, -0.2) is 4.79 Å². The third-order valence-corrected chi connectivity index (χ3v) is 3.95. The zero-order valence-electron chi connectivity index (χ0n) is 15.5. The lowest BCUT2D eigenvalue weighted by Gasteiger charge is -2.22. The van der Waals surface area contributed by atoms with Crippen molar-refractivity contribution in [3.8, 4) is 0 Å². The number of amides is 3. The van der Waals surface area contributed by atoms with Crippen molar-refractivity contribution in [3.05, 3.63) is 35.9 Å². The summed E-state index contributed by atoms with van der Waals surface area (Å²) in [5.41, 5.74) is 11.4. The molecule has 0 heterocycles. The summed E-state index contributed by atoms with van der Waals surface area (Å²) in [6.45, 7) is 0. The highest BCUT2D eigenvalue weighted by Gasteiger charge is 2.29. The summed E-state index contributed by atoms with van der Waals surface area (Å²) in [6, 6.07) is 4.60. The molecule has 11 heteroatoms. The smallest absolute Gasteiger partial charge is 0.326 e. The molecule has 11 nitrogen and oxygen atoms in total. The van der Waals surface area contributed by atoms with E-state index in [9.17, 15) is 24.0 Å². The molecule has 1 aromatic rings. The molecule has 3 amide bonds. The first-order chi connectivity index (χ1) is 13.6. The minimum atomic E-state index is -1.67. The van der Waals surface area contributed by atoms with Crippen molar-refractivity contribution in [3.63, 3.8) is 0 Å². The zero-order chi connectivity index (χ0) is 22.0. The fraction of sp³-hybridized carbons (Fsp3) is 0.389. The highest BCUT2D eigenvalue weighted by molar-refractivity contribution is 5.93. The Hall–Kier alpha value is -3.47. The number of carbonyl (C=O) groups excluding carboxylic acids is 3. The van der Waals surface area contributed by atoms with Gasteiger partial charge in [0, 0.05) is 12.8 Å². The van der Waals surface area contributed by atoms with E-state index in [1.807, 2.05) is 0 Å². The molecule has 0 bridgehead atoms. The number of hydrogen-bond acceptors (Lipinski definition) is 6. The van der Waals surface area contributed by atoms with E-state index >= 15 is 0 Å². The van der Waals surface area contributed by atoms with Crippen molar-refractivity contribution >= 4 is 29.7 Å². The Morgan fingerprint density at radius 1 is 0.931 bits per heavy atom. The molecular formula is C18H24N4O7. The first-order valence-corrected chi connectivity index (χ1v) is 8.73. The normalized spacial score (nSPS) is 13.6. The summed E-state index contributed by atoms with van der Waals surface area (Å²) in [6.07, 6.45) is -0.965. The van der Waals surface area contributed by atoms with Crippen LogP contribution in [-0.4, -0.2) is 58.0 Å². The van der Waals surface area contributed by atoms with Crippen LogP contribution >= 0.6 is 0 Å². The van der Waals surface area contributed by atoms with Gasteiger partial charge in [0.25, 0.3) is 0 Å². The van der Waals surface area contributed by atoms with E-state index in [-0.39, 0.29) is 19.3 Å². The maximum Gasteiger partial charge on any atom is 0.326 e. The summed E-state index contributed by atoms with van der Waals surface area (Å²) >= 11 is 0. The first-order valence-electron chi connectivity index (χ1n) is 8.73. The van der Waals surface area contributed by atoms with Gasteiger partial charge in [-0.2, -0.15) is 0 Å². The second kappa shape index (κ2) is 11.4. The Morgan fingerprint density at radius 3 is 2.03 bits per heavy atom. The van der Waals surface area contributed by atoms with Crippen LogP contribution in [-0.2, 0) is 30.4 Å². The molecule has 0 aliphatic heterocycles. The van der Waals surface area contributed by atoms with Crippen LogP contribution in [0.15, 0.2) is 30.3 Å². The van der Waals surface area contributed by atoms with E-state index in [2.05, 4.69) is 10.6 Å². The molecule has 0 radical (unpaired) electrons. The van der Waals surface area contributed by atoms with Crippen molar-refractivity contribution in [1.29, 1.82) is 0 Å². The lowest BCUT2D eigenvalue weighted by Crippen LogP contribution is -2.55. The SMILES string of the molecule is NC(=O)CC[C@H](N)C(=O)N[C@@H](Cc1ccccc1)C(=O)N[C@@H](CC(=O)O)C(=O)O. The van der Waals surface area contributed by atoms with E-state index in [4.69, 9.17) is 21.7 Å². The van der Waals surface area contributed by atoms with Crippen molar-refractivity contribution in [1.82, 2.24) is 10.6 Å². The lowest BCUT2D eigenvalue weighted by molar-refractivity contribution is -0.147. The van der Waals surface area contributed by atoms with Crippen LogP contribution in [0.3, 0.4) is 0 Å². The highest BCUT2D eigenvalue weighted by atomic mass is 16.4. The molecule has 0 unspecified atom stereocenters. The number of hydrogen-bond donors (Lipinski definition) is 6. The zero-order valence-corrected chi connectivity index (χ0v) is 15.5. The molecule has 0 aliphatic carbocycles. The number of aliphatic carboxylic acids is 2. The minimum Gasteiger partial charge on any atom is -0.481 e. The Morgan fingerprint density at radius 2 is 1.52 bits per heavy atom. The highest BCUT2D eigenvalue weighted by Crippen LogP contribution is 2.06. The van der Waals surface area contributed by atoms with Gasteiger partial charge in [0.1, 0.15) is 12.1 Å². The molecule has 1 rings (SSSR count). The predicted molar refractivity (Wildman–Crippen MR) is 100 cm³/mol. The number of primary amides is 1. The van der Waals surface area contributed by atoms with Gasteiger partial charge in [0.15, 0.2) is 0 Å². The van der Waals surface area contributed by atoms with Crippen LogP contribution in [0, 0.1) is 0 Å². The van der Waals surface area contributed by atoms with Crippen molar-refractivity contribution < 1.29 is 34.2 Å². The molecule has 0 saturated heterocycles. The van der Waals surface area contributed by atoms with Gasteiger partial charge in [-0.05, 0) is 12.0 Å². The molecule has 0 aromatic heterocycles. The Kier molecular flexibility index (Phi) is 9.26. The van der Waals surface area contributed by atoms with Gasteiger partial charge in [-0.1, -0.05) is 30.3 Å². The quantitative estimate of drug-likeness (QED) is 0.236. The van der Waals surface area contributed by atoms with Crippen LogP contribution in [0.1, 0.15) is 24.8 Å². The number of rotatable bonds is 12. The van der Waals surface area contributed by atoms with Crippen molar-refractivity contribution in [2.45, 2.75) is 43.8 Å². The number of nitrogens with one attached hydrogen (secondary N) is 2. The van der Waals surface area contributed by atoms with Gasteiger partial charge in [0.2, 0.25) is 17.7 Å². The van der Waals surface area contributed by atoms with E-state index < -0.39 is 54.2 Å². The van der Waals surface area contributed by atoms with Gasteiger partial charge in [-0.15, -0.1) is 0 Å². The predicted octanol–water partition coefficient (Wildman–Crippen LogP) is -1.65. The van der Waals surface area contributed by atoms with E-state index in [0.29, 0.717) is 5.56 Å². The van der Waals surface area contributed by atoms with E-state index in [0.717, 1.165) is 0 Å². The fourth-order valence-corrected chi connectivity index (χ4v) is 2.41. The Balaban J connectivity index is 2.93. The molecular weight excluding hydrogens is 384 g/mol. The maximum atomic E-state index is 12.6. The largest absolute Gasteiger partial charge is 0.481 e. The summed E-state index contributed by atoms with van der Waals surface area (Å²) < 4.78 is 0. The first kappa shape index (κ1) is 23.6. The average molecular weight is 408 g/mol. The third kappa shape index (κ3) is 8.84. The number of carboxylic acids is 2. The standard InChI is InChI=1S/C18H24N4O7/c19-11(6-7-14(20)23)16(26)21-12(8-10-4-2-1-3-5-10)17(27)22-13(18(28)29)9-15(24)25/h1-5,11-13H,6-9,19H2,(H2,20,23)(H,21,26)(H,22,27)(H,24,25)(H,28,29)/t11-,12-,13-/m0/s1. The monoisotopic (exact) mass is 408 g/mol. The molecule has 3 atom stereocenters. The van der Waals surface area contributed by atoms with E-state index in [1.54, 1.807) is 30.3 Å².